The third-order valence-corrected chi connectivity index (χ3v) is 6.56. The van der Waals surface area contributed by atoms with E-state index in [-0.39, 0.29) is 24.3 Å². The van der Waals surface area contributed by atoms with Gasteiger partial charge in [-0.15, -0.1) is 0 Å². The number of alkyl carbamates (subject to hydrolysis) is 1. The summed E-state index contributed by atoms with van der Waals surface area (Å²) < 4.78 is 10.6. The predicted octanol–water partition coefficient (Wildman–Crippen LogP) is 2.83. The summed E-state index contributed by atoms with van der Waals surface area (Å²) in [6, 6.07) is -1.45. The van der Waals surface area contributed by atoms with Crippen molar-refractivity contribution in [2.24, 2.45) is 5.92 Å². The fourth-order valence-electron chi connectivity index (χ4n) is 4.77. The third-order valence-electron chi connectivity index (χ3n) is 6.56. The average Bonchev–Trinajstić information content (AvgIpc) is 3.21. The van der Waals surface area contributed by atoms with Gasteiger partial charge in [-0.3, -0.25) is 9.59 Å². The van der Waals surface area contributed by atoms with Crippen LogP contribution in [0.4, 0.5) is 4.79 Å². The Morgan fingerprint density at radius 1 is 1.18 bits per heavy atom. The largest absolute Gasteiger partial charge is 0.464 e. The highest BCUT2D eigenvalue weighted by molar-refractivity contribution is 5.96. The first-order valence-electron chi connectivity index (χ1n) is 12.5. The van der Waals surface area contributed by atoms with E-state index in [2.05, 4.69) is 16.7 Å². The fraction of sp³-hybridized carbons (Fsp3) is 0.760. The van der Waals surface area contributed by atoms with Crippen LogP contribution in [0.1, 0.15) is 79.1 Å². The molecule has 2 heterocycles. The lowest BCUT2D eigenvalue weighted by Gasteiger charge is -2.30. The van der Waals surface area contributed by atoms with Crippen molar-refractivity contribution in [1.29, 1.82) is 0 Å². The molecule has 3 rings (SSSR count). The maximum atomic E-state index is 13.5. The molecule has 1 unspecified atom stereocenters. The number of hydrogen-bond acceptors (Lipinski definition) is 6. The number of nitrogens with zero attached hydrogens (tertiary/aromatic N) is 1. The second kappa shape index (κ2) is 10.8. The Kier molecular flexibility index (Phi) is 8.25. The maximum absolute atomic E-state index is 13.5. The summed E-state index contributed by atoms with van der Waals surface area (Å²) in [5, 5.41) is 5.66. The Morgan fingerprint density at radius 3 is 2.65 bits per heavy atom. The molecule has 4 atom stereocenters. The molecular formula is C25H39N3O6. The topological polar surface area (TPSA) is 114 Å². The van der Waals surface area contributed by atoms with Gasteiger partial charge in [0.1, 0.15) is 23.2 Å². The summed E-state index contributed by atoms with van der Waals surface area (Å²) in [6.45, 7) is 7.71. The van der Waals surface area contributed by atoms with Crippen molar-refractivity contribution in [3.63, 3.8) is 0 Å². The van der Waals surface area contributed by atoms with E-state index in [9.17, 15) is 19.2 Å². The Bertz CT molecular complexity index is 820. The van der Waals surface area contributed by atoms with Gasteiger partial charge in [-0.25, -0.2) is 9.59 Å². The molecule has 3 aliphatic rings. The lowest BCUT2D eigenvalue weighted by molar-refractivity contribution is -0.150. The molecule has 1 aliphatic carbocycles. The van der Waals surface area contributed by atoms with Crippen LogP contribution in [0, 0.1) is 5.92 Å². The lowest BCUT2D eigenvalue weighted by Crippen LogP contribution is -2.56. The highest BCUT2D eigenvalue weighted by Gasteiger charge is 2.62. The van der Waals surface area contributed by atoms with Crippen LogP contribution < -0.4 is 10.6 Å². The highest BCUT2D eigenvalue weighted by atomic mass is 16.6. The van der Waals surface area contributed by atoms with Crippen LogP contribution in [0.3, 0.4) is 0 Å². The summed E-state index contributed by atoms with van der Waals surface area (Å²) in [5.74, 6) is -1.16. The third kappa shape index (κ3) is 6.30. The van der Waals surface area contributed by atoms with Crippen LogP contribution >= 0.6 is 0 Å². The number of hydrogen-bond donors (Lipinski definition) is 2. The predicted molar refractivity (Wildman–Crippen MR) is 126 cm³/mol. The molecular weight excluding hydrogens is 438 g/mol. The van der Waals surface area contributed by atoms with Crippen molar-refractivity contribution < 1.29 is 28.7 Å². The van der Waals surface area contributed by atoms with Crippen LogP contribution in [0.15, 0.2) is 12.2 Å². The molecule has 9 nitrogen and oxygen atoms in total. The van der Waals surface area contributed by atoms with Gasteiger partial charge < -0.3 is 25.0 Å². The van der Waals surface area contributed by atoms with Gasteiger partial charge in [-0.2, -0.15) is 0 Å². The van der Waals surface area contributed by atoms with E-state index in [1.165, 1.54) is 0 Å². The molecule has 2 fully saturated rings. The first kappa shape index (κ1) is 26.0. The van der Waals surface area contributed by atoms with E-state index in [0.717, 1.165) is 25.7 Å². The number of rotatable bonds is 3. The molecule has 9 heteroatoms. The maximum Gasteiger partial charge on any atom is 0.408 e. The minimum atomic E-state index is -1.06. The summed E-state index contributed by atoms with van der Waals surface area (Å²) in [5.41, 5.74) is -1.74. The standard InChI is InChI=1S/C25H39N3O6/c1-5-33-22(31)25-16-17(25)12-9-7-6-8-10-13-18(26-23(32)34-24(2,3)4)21(30)28-15-11-14-19(28)20(29)27-25/h9,12,17-19H,5-8,10-11,13-16H2,1-4H3,(H,26,32)(H,27,29)/b12-9-/t17?,18-,19-,25+/m0/s1. The van der Waals surface area contributed by atoms with Crippen molar-refractivity contribution in [1.82, 2.24) is 15.5 Å². The number of nitrogens with one attached hydrogen (secondary N) is 2. The minimum Gasteiger partial charge on any atom is -0.464 e. The van der Waals surface area contributed by atoms with E-state index >= 15 is 0 Å². The van der Waals surface area contributed by atoms with E-state index in [0.29, 0.717) is 32.2 Å². The second-order valence-corrected chi connectivity index (χ2v) is 10.4. The van der Waals surface area contributed by atoms with Gasteiger partial charge in [0.15, 0.2) is 0 Å². The molecule has 1 saturated carbocycles. The quantitative estimate of drug-likeness (QED) is 0.477. The molecule has 2 aliphatic heterocycles. The van der Waals surface area contributed by atoms with Gasteiger partial charge in [0.05, 0.1) is 6.61 Å². The fourth-order valence-corrected chi connectivity index (χ4v) is 4.77. The molecule has 0 aromatic carbocycles. The molecule has 34 heavy (non-hydrogen) atoms. The van der Waals surface area contributed by atoms with Crippen molar-refractivity contribution >= 4 is 23.9 Å². The normalized spacial score (nSPS) is 31.2. The van der Waals surface area contributed by atoms with Gasteiger partial charge in [-0.1, -0.05) is 25.0 Å². The van der Waals surface area contributed by atoms with E-state index in [4.69, 9.17) is 9.47 Å². The Labute approximate surface area is 202 Å². The van der Waals surface area contributed by atoms with Crippen LogP contribution in [0.25, 0.3) is 0 Å². The smallest absolute Gasteiger partial charge is 0.408 e. The number of allylic oxidation sites excluding steroid dienone is 1. The number of fused-ring (bicyclic) bond motifs is 2. The van der Waals surface area contributed by atoms with Crippen LogP contribution in [-0.4, -0.2) is 65.2 Å². The van der Waals surface area contributed by atoms with Crippen LogP contribution in [0.2, 0.25) is 0 Å². The molecule has 0 spiro atoms. The van der Waals surface area contributed by atoms with Crippen LogP contribution in [-0.2, 0) is 23.9 Å². The summed E-state index contributed by atoms with van der Waals surface area (Å²) in [7, 11) is 0. The molecule has 0 bridgehead atoms. The highest BCUT2D eigenvalue weighted by Crippen LogP contribution is 2.46. The van der Waals surface area contributed by atoms with Crippen molar-refractivity contribution in [3.8, 4) is 0 Å². The zero-order chi connectivity index (χ0) is 24.9. The SMILES string of the molecule is CCOC(=O)[C@@]12CC1/C=C\CCCCC[C@H](NC(=O)OC(C)(C)C)C(=O)N1CCC[C@H]1C(=O)N2. The van der Waals surface area contributed by atoms with Crippen molar-refractivity contribution in [2.45, 2.75) is 102 Å². The second-order valence-electron chi connectivity index (χ2n) is 10.4. The van der Waals surface area contributed by atoms with Gasteiger partial charge >= 0.3 is 12.1 Å². The Balaban J connectivity index is 1.81. The Hall–Kier alpha value is -2.58. The van der Waals surface area contributed by atoms with E-state index in [1.54, 1.807) is 32.6 Å². The lowest BCUT2D eigenvalue weighted by atomic mass is 10.0. The molecule has 0 aromatic heterocycles. The van der Waals surface area contributed by atoms with Gasteiger partial charge in [-0.05, 0) is 66.2 Å². The summed E-state index contributed by atoms with van der Waals surface area (Å²) in [4.78, 5) is 53.5. The number of carbonyl (C=O) groups excluding carboxylic acids is 4. The first-order valence-corrected chi connectivity index (χ1v) is 12.5. The zero-order valence-corrected chi connectivity index (χ0v) is 20.9. The summed E-state index contributed by atoms with van der Waals surface area (Å²) >= 11 is 0. The zero-order valence-electron chi connectivity index (χ0n) is 20.9. The molecule has 190 valence electrons. The van der Waals surface area contributed by atoms with Crippen LogP contribution in [0.5, 0.6) is 0 Å². The number of ether oxygens (including phenoxy) is 2. The first-order chi connectivity index (χ1) is 16.1. The van der Waals surface area contributed by atoms with E-state index < -0.39 is 35.3 Å². The average molecular weight is 478 g/mol. The number of carbonyl (C=O) groups is 4. The molecule has 0 radical (unpaired) electrons. The monoisotopic (exact) mass is 477 g/mol. The van der Waals surface area contributed by atoms with Crippen molar-refractivity contribution in [2.75, 3.05) is 13.2 Å². The minimum absolute atomic E-state index is 0.104. The molecule has 0 aromatic rings. The molecule has 1 saturated heterocycles. The van der Waals surface area contributed by atoms with Gasteiger partial charge in [0.25, 0.3) is 0 Å². The molecule has 2 N–H and O–H groups in total. The van der Waals surface area contributed by atoms with Gasteiger partial charge in [0, 0.05) is 12.5 Å². The number of esters is 1. The molecule has 3 amide bonds. The number of amides is 3. The van der Waals surface area contributed by atoms with Gasteiger partial charge in [0.2, 0.25) is 11.8 Å². The Morgan fingerprint density at radius 2 is 1.94 bits per heavy atom. The van der Waals surface area contributed by atoms with E-state index in [1.807, 2.05) is 6.08 Å². The van der Waals surface area contributed by atoms with Crippen molar-refractivity contribution in [3.05, 3.63) is 12.2 Å². The summed E-state index contributed by atoms with van der Waals surface area (Å²) in [6.07, 6.45) is 9.02.